The highest BCUT2D eigenvalue weighted by atomic mass is 19.1. The fourth-order valence-corrected chi connectivity index (χ4v) is 3.55. The Morgan fingerprint density at radius 2 is 2.00 bits per heavy atom. The third-order valence-electron chi connectivity index (χ3n) is 5.06. The number of hydrogen-bond acceptors (Lipinski definition) is 3. The van der Waals surface area contributed by atoms with Crippen LogP contribution in [0.1, 0.15) is 59.4 Å². The van der Waals surface area contributed by atoms with Crippen molar-refractivity contribution in [3.05, 3.63) is 23.5 Å². The number of hydrogen-bond donors (Lipinski definition) is 1. The largest absolute Gasteiger partial charge is 0.304 e. The molecule has 26 heavy (non-hydrogen) atoms. The van der Waals surface area contributed by atoms with Crippen LogP contribution in [-0.2, 0) is 10.3 Å². The number of benzene rings is 1. The number of rotatable bonds is 4. The number of nitrogens with one attached hydrogen (secondary N) is 1. The van der Waals surface area contributed by atoms with Crippen LogP contribution in [0, 0.1) is 28.5 Å². The van der Waals surface area contributed by atoms with E-state index in [1.54, 1.807) is 10.6 Å². The second kappa shape index (κ2) is 6.08. The summed E-state index contributed by atoms with van der Waals surface area (Å²) in [6.07, 6.45) is 2.74. The van der Waals surface area contributed by atoms with E-state index in [2.05, 4.69) is 24.1 Å². The smallest absolute Gasteiger partial charge is 0.227 e. The first-order chi connectivity index (χ1) is 12.0. The lowest BCUT2D eigenvalue weighted by Gasteiger charge is -2.26. The molecule has 0 aliphatic heterocycles. The first-order valence-electron chi connectivity index (χ1n) is 8.95. The van der Waals surface area contributed by atoms with Crippen LogP contribution in [0.15, 0.2) is 12.1 Å². The van der Waals surface area contributed by atoms with Gasteiger partial charge in [-0.1, -0.05) is 13.8 Å². The van der Waals surface area contributed by atoms with E-state index >= 15 is 0 Å². The number of aromatic nitrogens is 2. The summed E-state index contributed by atoms with van der Waals surface area (Å²) in [6, 6.07) is 4.75. The highest BCUT2D eigenvalue weighted by molar-refractivity contribution is 5.92. The minimum Gasteiger partial charge on any atom is -0.304 e. The number of nitrogens with zero attached hydrogens (tertiary/aromatic N) is 3. The Morgan fingerprint density at radius 3 is 2.54 bits per heavy atom. The van der Waals surface area contributed by atoms with Gasteiger partial charge in [-0.3, -0.25) is 10.1 Å². The molecule has 1 amide bonds. The molecular weight excluding hydrogens is 331 g/mol. The van der Waals surface area contributed by atoms with Crippen molar-refractivity contribution in [1.82, 2.24) is 9.55 Å². The zero-order valence-electron chi connectivity index (χ0n) is 16.0. The van der Waals surface area contributed by atoms with E-state index < -0.39 is 11.4 Å². The van der Waals surface area contributed by atoms with E-state index in [1.807, 2.05) is 26.8 Å². The summed E-state index contributed by atoms with van der Waals surface area (Å²) in [5.74, 6) is 0.225. The molecule has 0 atom stereocenters. The van der Waals surface area contributed by atoms with Gasteiger partial charge in [0, 0.05) is 12.0 Å². The molecule has 1 aliphatic carbocycles. The molecule has 6 heteroatoms. The molecule has 138 valence electrons. The summed E-state index contributed by atoms with van der Waals surface area (Å²) in [4.78, 5) is 16.9. The van der Waals surface area contributed by atoms with E-state index in [1.165, 1.54) is 18.9 Å². The maximum atomic E-state index is 14.4. The monoisotopic (exact) mass is 356 g/mol. The number of anilines is 1. The lowest BCUT2D eigenvalue weighted by molar-refractivity contribution is -0.118. The Kier molecular flexibility index (Phi) is 4.30. The third-order valence-corrected chi connectivity index (χ3v) is 5.06. The van der Waals surface area contributed by atoms with Gasteiger partial charge in [-0.05, 0) is 57.1 Å². The molecule has 1 aliphatic rings. The first kappa shape index (κ1) is 18.4. The fraction of sp³-hybridized carbons (Fsp3) is 0.550. The van der Waals surface area contributed by atoms with Gasteiger partial charge in [0.1, 0.15) is 5.52 Å². The van der Waals surface area contributed by atoms with Gasteiger partial charge in [-0.2, -0.15) is 5.26 Å². The summed E-state index contributed by atoms with van der Waals surface area (Å²) in [7, 11) is 0. The Bertz CT molecular complexity index is 911. The highest BCUT2D eigenvalue weighted by Gasteiger charge is 2.39. The predicted molar refractivity (Wildman–Crippen MR) is 99.2 cm³/mol. The lowest BCUT2D eigenvalue weighted by Crippen LogP contribution is -2.28. The van der Waals surface area contributed by atoms with E-state index in [4.69, 9.17) is 5.26 Å². The third kappa shape index (κ3) is 3.44. The van der Waals surface area contributed by atoms with Crippen molar-refractivity contribution >= 4 is 22.9 Å². The molecule has 0 saturated heterocycles. The summed E-state index contributed by atoms with van der Waals surface area (Å²) in [5.41, 5.74) is 0.404. The summed E-state index contributed by atoms with van der Waals surface area (Å²) < 4.78 is 16.2. The van der Waals surface area contributed by atoms with Crippen molar-refractivity contribution in [3.63, 3.8) is 0 Å². The summed E-state index contributed by atoms with van der Waals surface area (Å²) >= 11 is 0. The van der Waals surface area contributed by atoms with Crippen molar-refractivity contribution in [1.29, 1.82) is 5.26 Å². The number of nitriles is 1. The number of amides is 1. The number of carbonyl (C=O) groups is 1. The second-order valence-corrected chi connectivity index (χ2v) is 8.87. The minimum absolute atomic E-state index is 0.0537. The fourth-order valence-electron chi connectivity index (χ4n) is 3.55. The molecule has 1 heterocycles. The Hall–Kier alpha value is -2.42. The van der Waals surface area contributed by atoms with Crippen molar-refractivity contribution in [2.45, 2.75) is 59.4 Å². The van der Waals surface area contributed by atoms with Gasteiger partial charge in [-0.25, -0.2) is 9.37 Å². The molecule has 1 fully saturated rings. The van der Waals surface area contributed by atoms with Gasteiger partial charge in [-0.15, -0.1) is 0 Å². The van der Waals surface area contributed by atoms with Crippen molar-refractivity contribution in [2.75, 3.05) is 5.32 Å². The average Bonchev–Trinajstić information content (AvgIpc) is 3.28. The molecule has 2 aromatic rings. The average molecular weight is 356 g/mol. The molecule has 1 aromatic heterocycles. The SMILES string of the molecule is CC(C)(CC(=O)Nc1nc2c(F)cc(C#N)cc2n1C(C)(C)C)C1CC1. The van der Waals surface area contributed by atoms with Gasteiger partial charge >= 0.3 is 0 Å². The zero-order chi connectivity index (χ0) is 19.3. The van der Waals surface area contributed by atoms with Crippen molar-refractivity contribution in [2.24, 2.45) is 11.3 Å². The molecule has 5 nitrogen and oxygen atoms in total. The number of fused-ring (bicyclic) bond motifs is 1. The van der Waals surface area contributed by atoms with E-state index in [0.717, 1.165) is 0 Å². The van der Waals surface area contributed by atoms with Crippen LogP contribution in [-0.4, -0.2) is 15.5 Å². The van der Waals surface area contributed by atoms with Crippen LogP contribution >= 0.6 is 0 Å². The van der Waals surface area contributed by atoms with Crippen LogP contribution in [0.2, 0.25) is 0 Å². The molecule has 0 bridgehead atoms. The zero-order valence-corrected chi connectivity index (χ0v) is 16.0. The Morgan fingerprint density at radius 1 is 1.35 bits per heavy atom. The van der Waals surface area contributed by atoms with Crippen LogP contribution < -0.4 is 5.32 Å². The summed E-state index contributed by atoms with van der Waals surface area (Å²) in [5, 5.41) is 12.0. The topological polar surface area (TPSA) is 70.7 Å². The molecule has 1 N–H and O–H groups in total. The van der Waals surface area contributed by atoms with E-state index in [9.17, 15) is 9.18 Å². The van der Waals surface area contributed by atoms with Gasteiger partial charge in [0.2, 0.25) is 11.9 Å². The molecule has 0 unspecified atom stereocenters. The van der Waals surface area contributed by atoms with E-state index in [0.29, 0.717) is 23.8 Å². The highest BCUT2D eigenvalue weighted by Crippen LogP contribution is 2.47. The maximum absolute atomic E-state index is 14.4. The number of carbonyl (C=O) groups excluding carboxylic acids is 1. The van der Waals surface area contributed by atoms with Gasteiger partial charge in [0.05, 0.1) is 17.1 Å². The summed E-state index contributed by atoms with van der Waals surface area (Å²) in [6.45, 7) is 10.1. The molecule has 3 rings (SSSR count). The molecular formula is C20H25FN4O. The predicted octanol–water partition coefficient (Wildman–Crippen LogP) is 4.57. The maximum Gasteiger partial charge on any atom is 0.227 e. The number of halogens is 1. The number of imidazole rings is 1. The van der Waals surface area contributed by atoms with Crippen LogP contribution in [0.3, 0.4) is 0 Å². The first-order valence-corrected chi connectivity index (χ1v) is 8.95. The Labute approximate surface area is 153 Å². The molecule has 0 spiro atoms. The van der Waals surface area contributed by atoms with Crippen molar-refractivity contribution < 1.29 is 9.18 Å². The molecule has 1 saturated carbocycles. The van der Waals surface area contributed by atoms with Gasteiger partial charge < -0.3 is 4.57 Å². The lowest BCUT2D eigenvalue weighted by atomic mass is 9.83. The normalized spacial score (nSPS) is 15.1. The molecule has 0 radical (unpaired) electrons. The molecule has 1 aromatic carbocycles. The minimum atomic E-state index is -0.559. The second-order valence-electron chi connectivity index (χ2n) is 8.87. The van der Waals surface area contributed by atoms with Crippen molar-refractivity contribution in [3.8, 4) is 6.07 Å². The van der Waals surface area contributed by atoms with Gasteiger partial charge in [0.15, 0.2) is 5.82 Å². The Balaban J connectivity index is 2.01. The van der Waals surface area contributed by atoms with Crippen LogP contribution in [0.5, 0.6) is 0 Å². The standard InChI is InChI=1S/C20H25FN4O/c1-19(2,3)25-15-9-12(11-22)8-14(21)17(15)24-18(25)23-16(26)10-20(4,5)13-6-7-13/h8-9,13H,6-7,10H2,1-5H3,(H,23,24,26). The van der Waals surface area contributed by atoms with Gasteiger partial charge in [0.25, 0.3) is 0 Å². The van der Waals surface area contributed by atoms with E-state index in [-0.39, 0.29) is 22.4 Å². The van der Waals surface area contributed by atoms with Crippen LogP contribution in [0.25, 0.3) is 11.0 Å². The van der Waals surface area contributed by atoms with Crippen LogP contribution in [0.4, 0.5) is 10.3 Å². The quantitative estimate of drug-likeness (QED) is 0.872.